The molecular formula is C16H26N2O. The van der Waals surface area contributed by atoms with E-state index in [1.54, 1.807) is 0 Å². The lowest BCUT2D eigenvalue weighted by molar-refractivity contribution is 0.316. The lowest BCUT2D eigenvalue weighted by Crippen LogP contribution is -2.32. The highest BCUT2D eigenvalue weighted by molar-refractivity contribution is 5.74. The van der Waals surface area contributed by atoms with Crippen LogP contribution in [0.15, 0.2) is 18.2 Å². The number of para-hydroxylation sites is 1. The summed E-state index contributed by atoms with van der Waals surface area (Å²) >= 11 is 0. The van der Waals surface area contributed by atoms with Crippen LogP contribution in [0.5, 0.6) is 5.75 Å². The van der Waals surface area contributed by atoms with Gasteiger partial charge in [-0.25, -0.2) is 0 Å². The topological polar surface area (TPSA) is 38.5 Å². The summed E-state index contributed by atoms with van der Waals surface area (Å²) in [5.74, 6) is 1.67. The van der Waals surface area contributed by atoms with Crippen molar-refractivity contribution in [3.8, 4) is 5.75 Å². The fraction of sp³-hybridized carbons (Fsp3) is 0.625. The van der Waals surface area contributed by atoms with Crippen LogP contribution in [0, 0.1) is 5.92 Å². The molecule has 0 atom stereocenters. The monoisotopic (exact) mass is 262 g/mol. The summed E-state index contributed by atoms with van der Waals surface area (Å²) in [7, 11) is 0. The Bertz CT molecular complexity index is 402. The SMILES string of the molecule is CCCOc1cccc(N(CC)CC2CCC2)c1N. The normalized spacial score (nSPS) is 15.1. The highest BCUT2D eigenvalue weighted by Gasteiger charge is 2.21. The molecule has 1 fully saturated rings. The van der Waals surface area contributed by atoms with Crippen molar-refractivity contribution in [2.45, 2.75) is 39.5 Å². The molecule has 0 heterocycles. The van der Waals surface area contributed by atoms with Crippen molar-refractivity contribution in [1.29, 1.82) is 0 Å². The third kappa shape index (κ3) is 3.34. The summed E-state index contributed by atoms with van der Waals surface area (Å²) in [5.41, 5.74) is 8.19. The molecule has 0 amide bonds. The molecule has 0 spiro atoms. The van der Waals surface area contributed by atoms with Crippen LogP contribution >= 0.6 is 0 Å². The number of nitrogen functional groups attached to an aromatic ring is 1. The molecule has 2 rings (SSSR count). The fourth-order valence-corrected chi connectivity index (χ4v) is 2.53. The average molecular weight is 262 g/mol. The molecule has 0 bridgehead atoms. The van der Waals surface area contributed by atoms with Gasteiger partial charge in [-0.3, -0.25) is 0 Å². The van der Waals surface area contributed by atoms with Crippen molar-refractivity contribution in [1.82, 2.24) is 0 Å². The molecule has 0 aliphatic heterocycles. The van der Waals surface area contributed by atoms with Gasteiger partial charge in [0.2, 0.25) is 0 Å². The maximum atomic E-state index is 6.27. The third-order valence-corrected chi connectivity index (χ3v) is 3.93. The highest BCUT2D eigenvalue weighted by Crippen LogP contribution is 2.35. The Balaban J connectivity index is 2.11. The minimum atomic E-state index is 0.725. The zero-order valence-electron chi connectivity index (χ0n) is 12.2. The number of hydrogen-bond acceptors (Lipinski definition) is 3. The van der Waals surface area contributed by atoms with Crippen LogP contribution in [0.2, 0.25) is 0 Å². The van der Waals surface area contributed by atoms with Gasteiger partial charge in [-0.1, -0.05) is 19.4 Å². The first-order valence-electron chi connectivity index (χ1n) is 7.52. The molecule has 1 aliphatic rings. The summed E-state index contributed by atoms with van der Waals surface area (Å²) in [6, 6.07) is 6.11. The van der Waals surface area contributed by atoms with Gasteiger partial charge in [0.1, 0.15) is 5.75 Å². The van der Waals surface area contributed by atoms with E-state index in [2.05, 4.69) is 24.8 Å². The first-order chi connectivity index (χ1) is 9.26. The second-order valence-electron chi connectivity index (χ2n) is 5.37. The van der Waals surface area contributed by atoms with Gasteiger partial charge in [0.05, 0.1) is 18.0 Å². The van der Waals surface area contributed by atoms with Crippen LogP contribution in [-0.2, 0) is 0 Å². The largest absolute Gasteiger partial charge is 0.491 e. The summed E-state index contributed by atoms with van der Waals surface area (Å²) in [4.78, 5) is 2.39. The maximum absolute atomic E-state index is 6.27. The molecule has 1 aromatic carbocycles. The number of nitrogens with two attached hydrogens (primary N) is 1. The summed E-state index contributed by atoms with van der Waals surface area (Å²) in [6.45, 7) is 7.14. The first-order valence-corrected chi connectivity index (χ1v) is 7.52. The Hall–Kier alpha value is -1.38. The van der Waals surface area contributed by atoms with Crippen LogP contribution in [0.25, 0.3) is 0 Å². The molecule has 3 heteroatoms. The van der Waals surface area contributed by atoms with E-state index < -0.39 is 0 Å². The molecule has 0 saturated heterocycles. The molecule has 1 aliphatic carbocycles. The Morgan fingerprint density at radius 2 is 2.11 bits per heavy atom. The van der Waals surface area contributed by atoms with Crippen molar-refractivity contribution in [3.63, 3.8) is 0 Å². The van der Waals surface area contributed by atoms with Gasteiger partial charge in [0.15, 0.2) is 0 Å². The minimum absolute atomic E-state index is 0.725. The number of ether oxygens (including phenoxy) is 1. The Morgan fingerprint density at radius 3 is 2.68 bits per heavy atom. The van der Waals surface area contributed by atoms with E-state index in [0.717, 1.165) is 49.2 Å². The zero-order chi connectivity index (χ0) is 13.7. The minimum Gasteiger partial charge on any atom is -0.491 e. The molecule has 3 nitrogen and oxygen atoms in total. The second-order valence-corrected chi connectivity index (χ2v) is 5.37. The van der Waals surface area contributed by atoms with Crippen molar-refractivity contribution in [2.75, 3.05) is 30.3 Å². The number of nitrogens with zero attached hydrogens (tertiary/aromatic N) is 1. The number of rotatable bonds is 7. The summed E-state index contributed by atoms with van der Waals surface area (Å²) in [6.07, 6.45) is 5.12. The van der Waals surface area contributed by atoms with E-state index in [-0.39, 0.29) is 0 Å². The van der Waals surface area contributed by atoms with Crippen LogP contribution in [-0.4, -0.2) is 19.7 Å². The predicted octanol–water partition coefficient (Wildman–Crippen LogP) is 3.68. The maximum Gasteiger partial charge on any atom is 0.144 e. The van der Waals surface area contributed by atoms with Crippen molar-refractivity contribution in [2.24, 2.45) is 5.92 Å². The molecule has 2 N–H and O–H groups in total. The van der Waals surface area contributed by atoms with Gasteiger partial charge >= 0.3 is 0 Å². The van der Waals surface area contributed by atoms with E-state index in [4.69, 9.17) is 10.5 Å². The fourth-order valence-electron chi connectivity index (χ4n) is 2.53. The number of benzene rings is 1. The van der Waals surface area contributed by atoms with E-state index in [1.807, 2.05) is 12.1 Å². The summed E-state index contributed by atoms with van der Waals surface area (Å²) < 4.78 is 5.71. The average Bonchev–Trinajstić information content (AvgIpc) is 2.37. The van der Waals surface area contributed by atoms with Crippen molar-refractivity contribution >= 4 is 11.4 Å². The van der Waals surface area contributed by atoms with Gasteiger partial charge in [0, 0.05) is 13.1 Å². The standard InChI is InChI=1S/C16H26N2O/c1-3-11-19-15-10-6-9-14(16(15)17)18(4-2)12-13-7-5-8-13/h6,9-10,13H,3-5,7-8,11-12,17H2,1-2H3. The molecule has 106 valence electrons. The van der Waals surface area contributed by atoms with E-state index in [9.17, 15) is 0 Å². The van der Waals surface area contributed by atoms with Gasteiger partial charge in [-0.05, 0) is 44.2 Å². The zero-order valence-corrected chi connectivity index (χ0v) is 12.2. The first kappa shape index (κ1) is 14.0. The molecule has 19 heavy (non-hydrogen) atoms. The van der Waals surface area contributed by atoms with Crippen molar-refractivity contribution in [3.05, 3.63) is 18.2 Å². The summed E-state index contributed by atoms with van der Waals surface area (Å²) in [5, 5.41) is 0. The van der Waals surface area contributed by atoms with E-state index >= 15 is 0 Å². The van der Waals surface area contributed by atoms with Crippen LogP contribution in [0.3, 0.4) is 0 Å². The molecule has 0 aromatic heterocycles. The van der Waals surface area contributed by atoms with Gasteiger partial charge in [-0.2, -0.15) is 0 Å². The number of hydrogen-bond donors (Lipinski definition) is 1. The van der Waals surface area contributed by atoms with E-state index in [0.29, 0.717) is 0 Å². The van der Waals surface area contributed by atoms with Crippen LogP contribution < -0.4 is 15.4 Å². The highest BCUT2D eigenvalue weighted by atomic mass is 16.5. The Kier molecular flexibility index (Phi) is 4.94. The van der Waals surface area contributed by atoms with Crippen molar-refractivity contribution < 1.29 is 4.74 Å². The smallest absolute Gasteiger partial charge is 0.144 e. The predicted molar refractivity (Wildman–Crippen MR) is 81.9 cm³/mol. The van der Waals surface area contributed by atoms with Crippen LogP contribution in [0.4, 0.5) is 11.4 Å². The van der Waals surface area contributed by atoms with E-state index in [1.165, 1.54) is 19.3 Å². The lowest BCUT2D eigenvalue weighted by atomic mass is 9.85. The molecular weight excluding hydrogens is 236 g/mol. The van der Waals surface area contributed by atoms with Gasteiger partial charge in [-0.15, -0.1) is 0 Å². The number of anilines is 2. The second kappa shape index (κ2) is 6.69. The molecule has 1 aromatic rings. The van der Waals surface area contributed by atoms with Crippen LogP contribution in [0.1, 0.15) is 39.5 Å². The van der Waals surface area contributed by atoms with Gasteiger partial charge < -0.3 is 15.4 Å². The Morgan fingerprint density at radius 1 is 1.32 bits per heavy atom. The molecule has 0 radical (unpaired) electrons. The quantitative estimate of drug-likeness (QED) is 0.762. The third-order valence-electron chi connectivity index (χ3n) is 3.93. The Labute approximate surface area is 116 Å². The molecule has 0 unspecified atom stereocenters. The van der Waals surface area contributed by atoms with Gasteiger partial charge in [0.25, 0.3) is 0 Å². The molecule has 1 saturated carbocycles. The lowest BCUT2D eigenvalue weighted by Gasteiger charge is -2.34.